The van der Waals surface area contributed by atoms with Crippen LogP contribution in [0.5, 0.6) is 5.75 Å². The first kappa shape index (κ1) is 14.7. The van der Waals surface area contributed by atoms with Gasteiger partial charge in [-0.1, -0.05) is 11.6 Å². The third-order valence-electron chi connectivity index (χ3n) is 2.81. The van der Waals surface area contributed by atoms with E-state index < -0.39 is 29.1 Å². The highest BCUT2D eigenvalue weighted by molar-refractivity contribution is 6.30. The summed E-state index contributed by atoms with van der Waals surface area (Å²) in [5, 5.41) is 10.2. The van der Waals surface area contributed by atoms with Crippen molar-refractivity contribution in [3.8, 4) is 5.75 Å². The minimum absolute atomic E-state index is 0.0393. The van der Waals surface area contributed by atoms with E-state index in [-0.39, 0.29) is 16.3 Å². The number of hydrogen-bond acceptors (Lipinski definition) is 2. The summed E-state index contributed by atoms with van der Waals surface area (Å²) in [4.78, 5) is 0. The largest absolute Gasteiger partial charge is 0.497 e. The number of halogens is 4. The van der Waals surface area contributed by atoms with Crippen molar-refractivity contribution in [1.82, 2.24) is 0 Å². The van der Waals surface area contributed by atoms with Crippen molar-refractivity contribution in [2.45, 2.75) is 6.10 Å². The van der Waals surface area contributed by atoms with Crippen LogP contribution in [0.25, 0.3) is 0 Å². The number of rotatable bonds is 3. The van der Waals surface area contributed by atoms with Crippen LogP contribution in [0.4, 0.5) is 13.2 Å². The molecule has 1 N–H and O–H groups in total. The van der Waals surface area contributed by atoms with E-state index in [0.29, 0.717) is 0 Å². The quantitative estimate of drug-likeness (QED) is 0.933. The zero-order valence-corrected chi connectivity index (χ0v) is 11.1. The van der Waals surface area contributed by atoms with Crippen molar-refractivity contribution in [1.29, 1.82) is 0 Å². The molecule has 106 valence electrons. The minimum atomic E-state index is -1.81. The summed E-state index contributed by atoms with van der Waals surface area (Å²) >= 11 is 5.69. The predicted octanol–water partition coefficient (Wildman–Crippen LogP) is 3.85. The fraction of sp³-hybridized carbons (Fsp3) is 0.143. The van der Waals surface area contributed by atoms with Crippen LogP contribution in [0, 0.1) is 17.5 Å². The van der Waals surface area contributed by atoms with Gasteiger partial charge in [0.05, 0.1) is 12.7 Å². The van der Waals surface area contributed by atoms with Gasteiger partial charge in [0.15, 0.2) is 0 Å². The molecule has 0 aliphatic heterocycles. The van der Waals surface area contributed by atoms with Crippen LogP contribution in [0.15, 0.2) is 30.3 Å². The highest BCUT2D eigenvalue weighted by Crippen LogP contribution is 2.32. The van der Waals surface area contributed by atoms with Gasteiger partial charge in [-0.3, -0.25) is 0 Å². The van der Waals surface area contributed by atoms with Gasteiger partial charge in [0.2, 0.25) is 0 Å². The van der Waals surface area contributed by atoms with Crippen LogP contribution >= 0.6 is 11.6 Å². The zero-order chi connectivity index (χ0) is 14.9. The van der Waals surface area contributed by atoms with E-state index in [1.54, 1.807) is 0 Å². The first-order valence-corrected chi connectivity index (χ1v) is 5.97. The van der Waals surface area contributed by atoms with Gasteiger partial charge >= 0.3 is 0 Å². The van der Waals surface area contributed by atoms with Crippen LogP contribution in [-0.4, -0.2) is 12.2 Å². The van der Waals surface area contributed by atoms with E-state index in [9.17, 15) is 18.3 Å². The maximum absolute atomic E-state index is 13.8. The van der Waals surface area contributed by atoms with Crippen LogP contribution in [-0.2, 0) is 0 Å². The van der Waals surface area contributed by atoms with Crippen molar-refractivity contribution in [3.63, 3.8) is 0 Å². The van der Waals surface area contributed by atoms with Crippen molar-refractivity contribution in [2.24, 2.45) is 0 Å². The molecule has 2 nitrogen and oxygen atoms in total. The average molecular weight is 303 g/mol. The maximum Gasteiger partial charge on any atom is 0.135 e. The molecule has 0 aromatic heterocycles. The molecule has 0 saturated carbocycles. The molecule has 2 aromatic carbocycles. The van der Waals surface area contributed by atoms with Gasteiger partial charge in [-0.15, -0.1) is 0 Å². The number of hydrogen-bond donors (Lipinski definition) is 1. The lowest BCUT2D eigenvalue weighted by Crippen LogP contribution is -2.08. The van der Waals surface area contributed by atoms with Gasteiger partial charge in [0, 0.05) is 22.7 Å². The van der Waals surface area contributed by atoms with E-state index in [2.05, 4.69) is 0 Å². The number of aliphatic hydroxyl groups is 1. The molecule has 0 radical (unpaired) electrons. The van der Waals surface area contributed by atoms with Crippen molar-refractivity contribution in [2.75, 3.05) is 7.11 Å². The van der Waals surface area contributed by atoms with Gasteiger partial charge in [0.25, 0.3) is 0 Å². The monoisotopic (exact) mass is 302 g/mol. The molecule has 0 saturated heterocycles. The SMILES string of the molecule is COc1cc(F)c(C(O)c2cc(Cl)ccc2F)c(F)c1. The third-order valence-corrected chi connectivity index (χ3v) is 3.05. The Morgan fingerprint density at radius 3 is 2.20 bits per heavy atom. The van der Waals surface area contributed by atoms with E-state index in [4.69, 9.17) is 16.3 Å². The molecule has 0 aliphatic rings. The topological polar surface area (TPSA) is 29.5 Å². The maximum atomic E-state index is 13.8. The highest BCUT2D eigenvalue weighted by atomic mass is 35.5. The lowest BCUT2D eigenvalue weighted by atomic mass is 10.00. The van der Waals surface area contributed by atoms with Gasteiger partial charge in [0.1, 0.15) is 29.3 Å². The molecule has 0 aliphatic carbocycles. The summed E-state index contributed by atoms with van der Waals surface area (Å²) in [5.41, 5.74) is -0.965. The summed E-state index contributed by atoms with van der Waals surface area (Å²) < 4.78 is 46.0. The summed E-state index contributed by atoms with van der Waals surface area (Å²) in [6, 6.07) is 5.22. The molecule has 2 rings (SSSR count). The number of ether oxygens (including phenoxy) is 1. The highest BCUT2D eigenvalue weighted by Gasteiger charge is 2.23. The Labute approximate surface area is 118 Å². The van der Waals surface area contributed by atoms with Crippen LogP contribution < -0.4 is 4.74 Å². The van der Waals surface area contributed by atoms with Crippen LogP contribution in [0.3, 0.4) is 0 Å². The van der Waals surface area contributed by atoms with E-state index in [1.807, 2.05) is 0 Å². The molecule has 0 amide bonds. The Kier molecular flexibility index (Phi) is 4.20. The van der Waals surface area contributed by atoms with Gasteiger partial charge in [-0.25, -0.2) is 13.2 Å². The second-order valence-electron chi connectivity index (χ2n) is 4.07. The zero-order valence-electron chi connectivity index (χ0n) is 10.3. The van der Waals surface area contributed by atoms with Gasteiger partial charge in [-0.2, -0.15) is 0 Å². The Morgan fingerprint density at radius 1 is 1.05 bits per heavy atom. The Morgan fingerprint density at radius 2 is 1.65 bits per heavy atom. The first-order valence-electron chi connectivity index (χ1n) is 5.60. The summed E-state index contributed by atoms with van der Waals surface area (Å²) in [7, 11) is 1.25. The Bertz CT molecular complexity index is 623. The summed E-state index contributed by atoms with van der Waals surface area (Å²) in [5.74, 6) is -2.92. The molecule has 0 heterocycles. The van der Waals surface area contributed by atoms with Crippen molar-refractivity contribution in [3.05, 3.63) is 63.9 Å². The van der Waals surface area contributed by atoms with E-state index >= 15 is 0 Å². The Hall–Kier alpha value is -1.72. The molecule has 2 aromatic rings. The number of aliphatic hydroxyl groups excluding tert-OH is 1. The molecule has 1 atom stereocenters. The Balaban J connectivity index is 2.53. The molecule has 0 spiro atoms. The van der Waals surface area contributed by atoms with Gasteiger partial charge < -0.3 is 9.84 Å². The molecular weight excluding hydrogens is 293 g/mol. The second-order valence-corrected chi connectivity index (χ2v) is 4.51. The van der Waals surface area contributed by atoms with Crippen molar-refractivity contribution < 1.29 is 23.0 Å². The van der Waals surface area contributed by atoms with Gasteiger partial charge in [-0.05, 0) is 18.2 Å². The predicted molar refractivity (Wildman–Crippen MR) is 68.4 cm³/mol. The van der Waals surface area contributed by atoms with E-state index in [0.717, 1.165) is 24.3 Å². The lowest BCUT2D eigenvalue weighted by Gasteiger charge is -2.15. The van der Waals surface area contributed by atoms with Crippen molar-refractivity contribution >= 4 is 11.6 Å². The first-order chi connectivity index (χ1) is 9.43. The molecule has 6 heteroatoms. The fourth-order valence-electron chi connectivity index (χ4n) is 1.82. The average Bonchev–Trinajstić information content (AvgIpc) is 2.40. The minimum Gasteiger partial charge on any atom is -0.497 e. The third kappa shape index (κ3) is 2.73. The second kappa shape index (κ2) is 5.73. The smallest absolute Gasteiger partial charge is 0.135 e. The standard InChI is InChI=1S/C14H10ClF3O2/c1-20-8-5-11(17)13(12(18)6-8)14(19)9-4-7(15)2-3-10(9)16/h2-6,14,19H,1H3. The number of methoxy groups -OCH3 is 1. The number of benzene rings is 2. The molecule has 0 bridgehead atoms. The summed E-state index contributed by atoms with van der Waals surface area (Å²) in [6.07, 6.45) is -1.81. The molecule has 20 heavy (non-hydrogen) atoms. The fourth-order valence-corrected chi connectivity index (χ4v) is 2.00. The summed E-state index contributed by atoms with van der Waals surface area (Å²) in [6.45, 7) is 0. The molecule has 1 unspecified atom stereocenters. The van der Waals surface area contributed by atoms with Crippen LogP contribution in [0.2, 0.25) is 5.02 Å². The van der Waals surface area contributed by atoms with Crippen LogP contribution in [0.1, 0.15) is 17.2 Å². The molecular formula is C14H10ClF3O2. The lowest BCUT2D eigenvalue weighted by molar-refractivity contribution is 0.203. The molecule has 0 fully saturated rings. The van der Waals surface area contributed by atoms with E-state index in [1.165, 1.54) is 13.2 Å². The normalized spacial score (nSPS) is 12.3.